The first-order valence-corrected chi connectivity index (χ1v) is 14.1. The number of carbonyl (C=O) groups excluding carboxylic acids is 3. The van der Waals surface area contributed by atoms with Gasteiger partial charge in [-0.2, -0.15) is 0 Å². The molecule has 3 aliphatic carbocycles. The Morgan fingerprint density at radius 3 is 2.39 bits per heavy atom. The molecule has 0 aromatic rings. The van der Waals surface area contributed by atoms with Gasteiger partial charge in [0.2, 0.25) is 0 Å². The molecule has 4 rings (SSSR count). The van der Waals surface area contributed by atoms with Gasteiger partial charge in [-0.25, -0.2) is 0 Å². The Labute approximate surface area is 226 Å². The van der Waals surface area contributed by atoms with E-state index in [2.05, 4.69) is 20.4 Å². The van der Waals surface area contributed by atoms with Gasteiger partial charge in [0, 0.05) is 54.4 Å². The van der Waals surface area contributed by atoms with E-state index in [0.717, 1.165) is 24.0 Å². The normalized spacial score (nSPS) is 39.8. The van der Waals surface area contributed by atoms with E-state index in [1.54, 1.807) is 0 Å². The second kappa shape index (κ2) is 9.72. The van der Waals surface area contributed by atoms with Crippen molar-refractivity contribution < 1.29 is 33.8 Å². The zero-order chi connectivity index (χ0) is 28.3. The van der Waals surface area contributed by atoms with E-state index in [4.69, 9.17) is 9.47 Å². The molecule has 0 bridgehead atoms. The first-order chi connectivity index (χ1) is 17.6. The highest BCUT2D eigenvalue weighted by Gasteiger charge is 2.72. The lowest BCUT2D eigenvalue weighted by atomic mass is 9.46. The number of allylic oxidation sites excluding steroid dienone is 2. The van der Waals surface area contributed by atoms with Gasteiger partial charge in [0.1, 0.15) is 11.9 Å². The van der Waals surface area contributed by atoms with Crippen molar-refractivity contribution in [3.05, 3.63) is 23.3 Å². The maximum Gasteiger partial charge on any atom is 0.303 e. The number of Topliss-reactive ketones (excluding diaryl/α,β-unsaturated/α-hetero) is 2. The van der Waals surface area contributed by atoms with Gasteiger partial charge in [-0.15, -0.1) is 0 Å². The van der Waals surface area contributed by atoms with E-state index in [9.17, 15) is 24.3 Å². The fourth-order valence-corrected chi connectivity index (χ4v) is 8.90. The predicted octanol–water partition coefficient (Wildman–Crippen LogP) is 5.61. The number of rotatable bonds is 9. The molecular formula is C31H44O7. The van der Waals surface area contributed by atoms with Crippen molar-refractivity contribution >= 4 is 23.5 Å². The second-order valence-electron chi connectivity index (χ2n) is 13.0. The summed E-state index contributed by atoms with van der Waals surface area (Å²) in [5.74, 6) is -1.16. The number of fused-ring (bicyclic) bond motifs is 1. The van der Waals surface area contributed by atoms with Crippen molar-refractivity contribution in [1.82, 2.24) is 0 Å². The van der Waals surface area contributed by atoms with E-state index >= 15 is 0 Å². The lowest BCUT2D eigenvalue weighted by molar-refractivity contribution is -0.149. The van der Waals surface area contributed by atoms with Crippen LogP contribution in [0.25, 0.3) is 0 Å². The van der Waals surface area contributed by atoms with Gasteiger partial charge in [0.25, 0.3) is 0 Å². The van der Waals surface area contributed by atoms with Crippen LogP contribution in [0.5, 0.6) is 0 Å². The van der Waals surface area contributed by atoms with Gasteiger partial charge in [-0.3, -0.25) is 19.2 Å². The molecule has 0 radical (unpaired) electrons. The number of carbonyl (C=O) groups is 4. The molecule has 1 aliphatic heterocycles. The van der Waals surface area contributed by atoms with Crippen LogP contribution in [0.3, 0.4) is 0 Å². The molecule has 7 heteroatoms. The number of hydrogen-bond donors (Lipinski definition) is 1. The van der Waals surface area contributed by atoms with Crippen molar-refractivity contribution in [2.75, 3.05) is 6.61 Å². The third-order valence-electron chi connectivity index (χ3n) is 10.9. The number of esters is 1. The summed E-state index contributed by atoms with van der Waals surface area (Å²) in [6.07, 6.45) is 3.78. The molecule has 1 saturated heterocycles. The van der Waals surface area contributed by atoms with E-state index in [1.165, 1.54) is 6.92 Å². The summed E-state index contributed by atoms with van der Waals surface area (Å²) in [7, 11) is 0. The number of hydrogen-bond acceptors (Lipinski definition) is 6. The summed E-state index contributed by atoms with van der Waals surface area (Å²) in [4.78, 5) is 50.5. The van der Waals surface area contributed by atoms with Crippen molar-refractivity contribution in [2.24, 2.45) is 28.1 Å². The van der Waals surface area contributed by atoms with Gasteiger partial charge in [-0.1, -0.05) is 32.9 Å². The highest BCUT2D eigenvalue weighted by molar-refractivity contribution is 6.00. The summed E-state index contributed by atoms with van der Waals surface area (Å²) in [6, 6.07) is 0. The average molecular weight is 529 g/mol. The molecule has 1 N–H and O–H groups in total. The molecule has 1 spiro atoms. The number of ketones is 2. The number of aliphatic carboxylic acids is 1. The van der Waals surface area contributed by atoms with Crippen LogP contribution in [0.1, 0.15) is 99.3 Å². The number of ether oxygens (including phenoxy) is 2. The van der Waals surface area contributed by atoms with Crippen LogP contribution in [0, 0.1) is 28.1 Å². The molecule has 210 valence electrons. The van der Waals surface area contributed by atoms with Crippen LogP contribution in [0.15, 0.2) is 23.3 Å². The minimum absolute atomic E-state index is 0.0119. The minimum Gasteiger partial charge on any atom is -0.481 e. The Bertz CT molecular complexity index is 1100. The van der Waals surface area contributed by atoms with Gasteiger partial charge in [0.05, 0.1) is 12.2 Å². The van der Waals surface area contributed by atoms with Crippen LogP contribution in [0.2, 0.25) is 0 Å². The summed E-state index contributed by atoms with van der Waals surface area (Å²) >= 11 is 0. The lowest BCUT2D eigenvalue weighted by Crippen LogP contribution is -2.56. The topological polar surface area (TPSA) is 107 Å². The SMILES string of the molecule is C=C(C)[C@@H]1C[C@H](OC(C)=O)C2=C(C(=O)C[C@]34CO[C@](C)(CCC(=O)CC)[C@H]3CC[C@@]24C)[C@@]1(C)CCC(=O)O. The summed E-state index contributed by atoms with van der Waals surface area (Å²) in [5, 5.41) is 9.57. The van der Waals surface area contributed by atoms with Crippen LogP contribution >= 0.6 is 0 Å². The fraction of sp³-hybridized carbons (Fsp3) is 0.742. The standard InChI is InChI=1S/C31H44O7/c1-8-20(33)9-14-30(7)24-10-13-29(6)27-23(38-19(4)32)15-21(18(2)3)28(5,12-11-25(35)36)26(27)22(34)16-31(24,29)17-37-30/h21,23-24H,2,8-17H2,1,3-7H3,(H,35,36)/t21-,23-,24+,28-,29-,30+,31-/m0/s1. The summed E-state index contributed by atoms with van der Waals surface area (Å²) < 4.78 is 12.5. The molecule has 1 heterocycles. The highest BCUT2D eigenvalue weighted by Crippen LogP contribution is 2.73. The van der Waals surface area contributed by atoms with Crippen molar-refractivity contribution in [2.45, 2.75) is 111 Å². The van der Waals surface area contributed by atoms with Crippen LogP contribution in [0.4, 0.5) is 0 Å². The van der Waals surface area contributed by atoms with E-state index in [1.807, 2.05) is 20.8 Å². The lowest BCUT2D eigenvalue weighted by Gasteiger charge is -2.57. The third-order valence-corrected chi connectivity index (χ3v) is 10.9. The Kier molecular flexibility index (Phi) is 7.35. The minimum atomic E-state index is -0.899. The maximum absolute atomic E-state index is 14.3. The smallest absolute Gasteiger partial charge is 0.303 e. The Morgan fingerprint density at radius 2 is 1.82 bits per heavy atom. The maximum atomic E-state index is 14.3. The summed E-state index contributed by atoms with van der Waals surface area (Å²) in [6.45, 7) is 16.1. The first kappa shape index (κ1) is 28.7. The predicted molar refractivity (Wildman–Crippen MR) is 142 cm³/mol. The highest BCUT2D eigenvalue weighted by atomic mass is 16.5. The van der Waals surface area contributed by atoms with Crippen LogP contribution in [-0.2, 0) is 28.7 Å². The van der Waals surface area contributed by atoms with E-state index < -0.39 is 39.9 Å². The third kappa shape index (κ3) is 4.20. The molecule has 4 aliphatic rings. The quantitative estimate of drug-likeness (QED) is 0.306. The number of carboxylic acid groups (broad SMARTS) is 1. The number of carboxylic acids is 1. The Balaban J connectivity index is 1.87. The van der Waals surface area contributed by atoms with Gasteiger partial charge < -0.3 is 14.6 Å². The van der Waals surface area contributed by atoms with E-state index in [-0.39, 0.29) is 29.8 Å². The molecule has 0 aromatic heterocycles. The molecule has 38 heavy (non-hydrogen) atoms. The fourth-order valence-electron chi connectivity index (χ4n) is 8.90. The second-order valence-corrected chi connectivity index (χ2v) is 13.0. The van der Waals surface area contributed by atoms with Gasteiger partial charge in [-0.05, 0) is 63.4 Å². The molecule has 2 fully saturated rings. The first-order valence-electron chi connectivity index (χ1n) is 14.1. The zero-order valence-electron chi connectivity index (χ0n) is 23.9. The zero-order valence-corrected chi connectivity index (χ0v) is 23.9. The average Bonchev–Trinajstić information content (AvgIpc) is 3.29. The Hall–Kier alpha value is -2.28. The molecule has 0 amide bonds. The molecule has 0 unspecified atom stereocenters. The van der Waals surface area contributed by atoms with Crippen LogP contribution in [-0.4, -0.2) is 46.9 Å². The van der Waals surface area contributed by atoms with Gasteiger partial charge in [0.15, 0.2) is 5.78 Å². The van der Waals surface area contributed by atoms with E-state index in [0.29, 0.717) is 50.7 Å². The molecular weight excluding hydrogens is 484 g/mol. The largest absolute Gasteiger partial charge is 0.481 e. The molecule has 7 atom stereocenters. The van der Waals surface area contributed by atoms with Gasteiger partial charge >= 0.3 is 11.9 Å². The summed E-state index contributed by atoms with van der Waals surface area (Å²) in [5.41, 5.74) is 0.294. The van der Waals surface area contributed by atoms with Crippen LogP contribution < -0.4 is 0 Å². The molecule has 0 aromatic carbocycles. The monoisotopic (exact) mass is 528 g/mol. The van der Waals surface area contributed by atoms with Crippen molar-refractivity contribution in [3.8, 4) is 0 Å². The van der Waals surface area contributed by atoms with Crippen molar-refractivity contribution in [1.29, 1.82) is 0 Å². The van der Waals surface area contributed by atoms with Crippen molar-refractivity contribution in [3.63, 3.8) is 0 Å². The molecule has 7 nitrogen and oxygen atoms in total. The molecule has 1 saturated carbocycles. The Morgan fingerprint density at radius 1 is 1.13 bits per heavy atom.